The molecule has 0 aliphatic carbocycles. The number of rotatable bonds is 8. The topological polar surface area (TPSA) is 74.8 Å². The number of amides is 1. The number of hydrazine groups is 1. The number of carbonyl (C=O) groups excluding carboxylic acids is 2. The molecule has 2 atom stereocenters. The van der Waals surface area contributed by atoms with E-state index >= 15 is 0 Å². The van der Waals surface area contributed by atoms with E-state index < -0.39 is 0 Å². The van der Waals surface area contributed by atoms with E-state index in [9.17, 15) is 9.59 Å². The number of anilines is 1. The average molecular weight is 378 g/mol. The van der Waals surface area contributed by atoms with E-state index in [0.717, 1.165) is 17.1 Å². The van der Waals surface area contributed by atoms with Crippen LogP contribution in [0.25, 0.3) is 0 Å². The summed E-state index contributed by atoms with van der Waals surface area (Å²) in [5.41, 5.74) is 5.05. The van der Waals surface area contributed by atoms with Crippen LogP contribution in [0, 0.1) is 5.92 Å². The van der Waals surface area contributed by atoms with Gasteiger partial charge in [0.2, 0.25) is 5.91 Å². The molecule has 0 bridgehead atoms. The maximum atomic E-state index is 13.0. The summed E-state index contributed by atoms with van der Waals surface area (Å²) < 4.78 is 5.06. The molecule has 1 N–H and O–H groups in total. The Balaban J connectivity index is 2.21. The van der Waals surface area contributed by atoms with Crippen LogP contribution in [0.15, 0.2) is 36.4 Å². The Morgan fingerprint density at radius 1 is 1.50 bits per heavy atom. The lowest BCUT2D eigenvalue weighted by molar-refractivity contribution is -0.143. The molecule has 0 fully saturated rings. The summed E-state index contributed by atoms with van der Waals surface area (Å²) in [7, 11) is 0. The molecule has 1 aliphatic rings. The Hall–Kier alpha value is -2.06. The highest BCUT2D eigenvalue weighted by Crippen LogP contribution is 2.24. The van der Waals surface area contributed by atoms with Crippen LogP contribution in [0.4, 0.5) is 5.69 Å². The van der Waals surface area contributed by atoms with Crippen molar-refractivity contribution >= 4 is 29.3 Å². The minimum atomic E-state index is -0.349. The summed E-state index contributed by atoms with van der Waals surface area (Å²) >= 11 is 1.64. The SMILES string of the molecule is CSCC(C)C(=O)N(CCOC(C)=O)C1=CN(c2cccnc2)NC1C. The Morgan fingerprint density at radius 2 is 2.27 bits per heavy atom. The molecule has 1 aromatic heterocycles. The third-order valence-corrected chi connectivity index (χ3v) is 4.83. The molecule has 0 saturated heterocycles. The van der Waals surface area contributed by atoms with Crippen molar-refractivity contribution in [1.29, 1.82) is 0 Å². The molecule has 0 spiro atoms. The molecule has 1 amide bonds. The second-order valence-corrected chi connectivity index (χ2v) is 7.08. The van der Waals surface area contributed by atoms with Gasteiger partial charge in [0.25, 0.3) is 0 Å². The molecule has 0 aromatic carbocycles. The first-order valence-corrected chi connectivity index (χ1v) is 9.94. The van der Waals surface area contributed by atoms with Gasteiger partial charge < -0.3 is 9.64 Å². The average Bonchev–Trinajstić information content (AvgIpc) is 3.00. The Labute approximate surface area is 158 Å². The molecule has 2 rings (SSSR count). The lowest BCUT2D eigenvalue weighted by atomic mass is 10.1. The number of esters is 1. The largest absolute Gasteiger partial charge is 0.464 e. The van der Waals surface area contributed by atoms with E-state index in [1.54, 1.807) is 29.1 Å². The predicted octanol–water partition coefficient (Wildman–Crippen LogP) is 2.03. The molecular formula is C18H26N4O3S. The van der Waals surface area contributed by atoms with Gasteiger partial charge in [0.15, 0.2) is 0 Å². The summed E-state index contributed by atoms with van der Waals surface area (Å²) in [6.07, 6.45) is 7.35. The molecule has 0 saturated carbocycles. The van der Waals surface area contributed by atoms with E-state index in [0.29, 0.717) is 6.54 Å². The molecule has 1 aromatic rings. The highest BCUT2D eigenvalue weighted by atomic mass is 32.2. The van der Waals surface area contributed by atoms with Gasteiger partial charge in [0.1, 0.15) is 6.61 Å². The van der Waals surface area contributed by atoms with Crippen molar-refractivity contribution < 1.29 is 14.3 Å². The van der Waals surface area contributed by atoms with Gasteiger partial charge in [0, 0.05) is 31.0 Å². The number of aromatic nitrogens is 1. The van der Waals surface area contributed by atoms with Crippen molar-refractivity contribution in [2.45, 2.75) is 26.8 Å². The van der Waals surface area contributed by atoms with Crippen molar-refractivity contribution in [3.8, 4) is 0 Å². The number of pyridine rings is 1. The number of ether oxygens (including phenoxy) is 1. The minimum Gasteiger partial charge on any atom is -0.464 e. The fourth-order valence-electron chi connectivity index (χ4n) is 2.74. The fraction of sp³-hybridized carbons (Fsp3) is 0.500. The highest BCUT2D eigenvalue weighted by molar-refractivity contribution is 7.98. The van der Waals surface area contributed by atoms with Crippen LogP contribution in [0.2, 0.25) is 0 Å². The van der Waals surface area contributed by atoms with Crippen molar-refractivity contribution in [3.05, 3.63) is 36.4 Å². The zero-order valence-corrected chi connectivity index (χ0v) is 16.5. The maximum absolute atomic E-state index is 13.0. The van der Waals surface area contributed by atoms with Gasteiger partial charge in [-0.25, -0.2) is 5.43 Å². The molecule has 26 heavy (non-hydrogen) atoms. The van der Waals surface area contributed by atoms with E-state index in [-0.39, 0.29) is 30.4 Å². The molecule has 142 valence electrons. The summed E-state index contributed by atoms with van der Waals surface area (Å²) in [5, 5.41) is 1.86. The molecule has 7 nitrogen and oxygen atoms in total. The number of hydrogen-bond acceptors (Lipinski definition) is 7. The highest BCUT2D eigenvalue weighted by Gasteiger charge is 2.31. The summed E-state index contributed by atoms with van der Waals surface area (Å²) in [4.78, 5) is 29.9. The zero-order chi connectivity index (χ0) is 19.1. The summed E-state index contributed by atoms with van der Waals surface area (Å²) in [5.74, 6) is 0.296. The minimum absolute atomic E-state index is 0.0273. The number of thioether (sulfide) groups is 1. The number of carbonyl (C=O) groups is 2. The van der Waals surface area contributed by atoms with E-state index in [1.165, 1.54) is 6.92 Å². The smallest absolute Gasteiger partial charge is 0.302 e. The van der Waals surface area contributed by atoms with Gasteiger partial charge in [-0.15, -0.1) is 0 Å². The van der Waals surface area contributed by atoms with Crippen molar-refractivity contribution in [2.75, 3.05) is 30.2 Å². The van der Waals surface area contributed by atoms with Gasteiger partial charge in [-0.1, -0.05) is 6.92 Å². The van der Waals surface area contributed by atoms with Crippen molar-refractivity contribution in [2.24, 2.45) is 5.92 Å². The molecular weight excluding hydrogens is 352 g/mol. The zero-order valence-electron chi connectivity index (χ0n) is 15.6. The van der Waals surface area contributed by atoms with Gasteiger partial charge in [-0.3, -0.25) is 19.6 Å². The predicted molar refractivity (Wildman–Crippen MR) is 103 cm³/mol. The lowest BCUT2D eigenvalue weighted by Gasteiger charge is -2.28. The van der Waals surface area contributed by atoms with Crippen molar-refractivity contribution in [1.82, 2.24) is 15.3 Å². The second-order valence-electron chi connectivity index (χ2n) is 6.17. The van der Waals surface area contributed by atoms with Crippen LogP contribution in [0.1, 0.15) is 20.8 Å². The summed E-state index contributed by atoms with van der Waals surface area (Å²) in [6.45, 7) is 5.78. The first kappa shape index (κ1) is 20.3. The molecule has 0 radical (unpaired) electrons. The van der Waals surface area contributed by atoms with E-state index in [2.05, 4.69) is 10.4 Å². The normalized spacial score (nSPS) is 17.6. The third-order valence-electron chi connectivity index (χ3n) is 4.00. The van der Waals surface area contributed by atoms with Crippen LogP contribution in [-0.2, 0) is 14.3 Å². The van der Waals surface area contributed by atoms with Crippen LogP contribution in [0.5, 0.6) is 0 Å². The second kappa shape index (κ2) is 9.59. The molecule has 1 aliphatic heterocycles. The third kappa shape index (κ3) is 5.22. The molecule has 2 heterocycles. The lowest BCUT2D eigenvalue weighted by Crippen LogP contribution is -2.42. The standard InChI is InChI=1S/C18H26N4O3S/c1-13(12-26-4)18(24)21(8-9-25-15(3)23)17-11-22(20-14(17)2)16-6-5-7-19-10-16/h5-7,10-11,13-14,20H,8-9,12H2,1-4H3. The Kier molecular flexibility index (Phi) is 7.47. The van der Waals surface area contributed by atoms with Gasteiger partial charge in [-0.2, -0.15) is 11.8 Å². The first-order valence-electron chi connectivity index (χ1n) is 8.54. The van der Waals surface area contributed by atoms with E-state index in [1.807, 2.05) is 43.4 Å². The van der Waals surface area contributed by atoms with Crippen LogP contribution in [0.3, 0.4) is 0 Å². The first-order chi connectivity index (χ1) is 12.4. The fourth-order valence-corrected chi connectivity index (χ4v) is 3.38. The maximum Gasteiger partial charge on any atom is 0.302 e. The molecule has 2 unspecified atom stereocenters. The van der Waals surface area contributed by atoms with Gasteiger partial charge in [0.05, 0.1) is 30.2 Å². The summed E-state index contributed by atoms with van der Waals surface area (Å²) in [6, 6.07) is 3.74. The van der Waals surface area contributed by atoms with Gasteiger partial charge >= 0.3 is 5.97 Å². The van der Waals surface area contributed by atoms with E-state index in [4.69, 9.17) is 4.74 Å². The van der Waals surface area contributed by atoms with Crippen LogP contribution < -0.4 is 10.4 Å². The molecule has 8 heteroatoms. The van der Waals surface area contributed by atoms with Crippen molar-refractivity contribution in [3.63, 3.8) is 0 Å². The number of hydrogen-bond donors (Lipinski definition) is 1. The Bertz CT molecular complexity index is 653. The number of nitrogens with zero attached hydrogens (tertiary/aromatic N) is 3. The van der Waals surface area contributed by atoms with Crippen LogP contribution in [-0.4, -0.2) is 53.0 Å². The van der Waals surface area contributed by atoms with Crippen LogP contribution >= 0.6 is 11.8 Å². The van der Waals surface area contributed by atoms with Gasteiger partial charge in [-0.05, 0) is 25.3 Å². The monoisotopic (exact) mass is 378 g/mol. The number of nitrogens with one attached hydrogen (secondary N) is 1. The quantitative estimate of drug-likeness (QED) is 0.694. The Morgan fingerprint density at radius 3 is 2.88 bits per heavy atom.